The molecule has 258 valence electrons. The SMILES string of the molecule is CC.CC(C)C(=O)C1CCC(N2CCN(SC3CCN(C(=O)C(C)NC(=O)C4CC(=O)N(C)C4)CC3)CC2)CC1.c1ccncc1. The molecule has 1 N–H and O–H groups in total. The van der Waals surface area contributed by atoms with Crippen LogP contribution in [0.2, 0.25) is 0 Å². The maximum absolute atomic E-state index is 12.9. The van der Waals surface area contributed by atoms with E-state index >= 15 is 0 Å². The molecule has 0 aromatic carbocycles. The summed E-state index contributed by atoms with van der Waals surface area (Å²) in [6.45, 7) is 16.0. The van der Waals surface area contributed by atoms with Crippen LogP contribution in [0.4, 0.5) is 0 Å². The zero-order chi connectivity index (χ0) is 33.6. The van der Waals surface area contributed by atoms with Crippen LogP contribution >= 0.6 is 11.9 Å². The molecule has 10 nitrogen and oxygen atoms in total. The second-order valence-electron chi connectivity index (χ2n) is 13.1. The van der Waals surface area contributed by atoms with E-state index < -0.39 is 6.04 Å². The van der Waals surface area contributed by atoms with E-state index in [0.29, 0.717) is 23.6 Å². The molecule has 0 bridgehead atoms. The summed E-state index contributed by atoms with van der Waals surface area (Å²) in [5.41, 5.74) is 0. The Labute approximate surface area is 281 Å². The van der Waals surface area contributed by atoms with Crippen molar-refractivity contribution in [2.75, 3.05) is 52.9 Å². The van der Waals surface area contributed by atoms with E-state index in [1.807, 2.05) is 62.7 Å². The van der Waals surface area contributed by atoms with Crippen molar-refractivity contribution < 1.29 is 19.2 Å². The quantitative estimate of drug-likeness (QED) is 0.416. The van der Waals surface area contributed by atoms with Crippen molar-refractivity contribution in [1.29, 1.82) is 0 Å². The fourth-order valence-electron chi connectivity index (χ4n) is 6.78. The van der Waals surface area contributed by atoms with Crippen LogP contribution in [-0.2, 0) is 19.2 Å². The maximum atomic E-state index is 12.9. The lowest BCUT2D eigenvalue weighted by Gasteiger charge is -2.43. The van der Waals surface area contributed by atoms with E-state index in [9.17, 15) is 19.2 Å². The number of piperidine rings is 1. The highest BCUT2D eigenvalue weighted by molar-refractivity contribution is 7.97. The number of ketones is 1. The molecule has 2 atom stereocenters. The first-order valence-corrected chi connectivity index (χ1v) is 18.3. The number of carbonyl (C=O) groups is 4. The molecule has 4 aliphatic rings. The predicted molar refractivity (Wildman–Crippen MR) is 185 cm³/mol. The first-order chi connectivity index (χ1) is 22.1. The minimum absolute atomic E-state index is 0.0213. The number of carbonyl (C=O) groups excluding carboxylic acids is 4. The molecular formula is C35H58N6O4S. The number of likely N-dealkylation sites (tertiary alicyclic amines) is 2. The van der Waals surface area contributed by atoms with Crippen LogP contribution in [0.3, 0.4) is 0 Å². The molecule has 4 heterocycles. The lowest BCUT2D eigenvalue weighted by atomic mass is 9.80. The second kappa shape index (κ2) is 19.4. The molecule has 1 aromatic heterocycles. The molecule has 3 amide bonds. The summed E-state index contributed by atoms with van der Waals surface area (Å²) in [5.74, 6) is 0.264. The average Bonchev–Trinajstić information content (AvgIpc) is 3.44. The summed E-state index contributed by atoms with van der Waals surface area (Å²) in [6, 6.07) is 5.78. The third-order valence-corrected chi connectivity index (χ3v) is 10.9. The average molecular weight is 659 g/mol. The largest absolute Gasteiger partial charge is 0.345 e. The van der Waals surface area contributed by atoms with Gasteiger partial charge in [-0.15, -0.1) is 0 Å². The van der Waals surface area contributed by atoms with Crippen molar-refractivity contribution >= 4 is 35.5 Å². The normalized spacial score (nSPS) is 25.2. The van der Waals surface area contributed by atoms with Gasteiger partial charge in [-0.1, -0.05) is 45.7 Å². The molecule has 1 aromatic rings. The second-order valence-corrected chi connectivity index (χ2v) is 14.5. The van der Waals surface area contributed by atoms with Crippen molar-refractivity contribution in [2.45, 2.75) is 96.9 Å². The highest BCUT2D eigenvalue weighted by Gasteiger charge is 2.35. The Balaban J connectivity index is 0.000000636. The van der Waals surface area contributed by atoms with Gasteiger partial charge in [0.2, 0.25) is 17.7 Å². The smallest absolute Gasteiger partial charge is 0.244 e. The minimum atomic E-state index is -0.570. The summed E-state index contributed by atoms with van der Waals surface area (Å²) in [4.78, 5) is 59.4. The highest BCUT2D eigenvalue weighted by Crippen LogP contribution is 2.32. The Kier molecular flexibility index (Phi) is 16.0. The molecule has 3 aliphatic heterocycles. The van der Waals surface area contributed by atoms with E-state index in [1.54, 1.807) is 31.3 Å². The van der Waals surface area contributed by atoms with Crippen molar-refractivity contribution in [3.63, 3.8) is 0 Å². The Bertz CT molecular complexity index is 1060. The van der Waals surface area contributed by atoms with Gasteiger partial charge in [0.25, 0.3) is 0 Å². The Hall–Kier alpha value is -2.50. The number of piperazine rings is 1. The van der Waals surface area contributed by atoms with Crippen LogP contribution in [0, 0.1) is 17.8 Å². The fraction of sp³-hybridized carbons (Fsp3) is 0.743. The summed E-state index contributed by atoms with van der Waals surface area (Å²) < 4.78 is 2.51. The monoisotopic (exact) mass is 658 g/mol. The van der Waals surface area contributed by atoms with Crippen LogP contribution < -0.4 is 5.32 Å². The van der Waals surface area contributed by atoms with Crippen LogP contribution in [-0.4, -0.2) is 118 Å². The zero-order valence-electron chi connectivity index (χ0n) is 29.0. The van der Waals surface area contributed by atoms with E-state index in [2.05, 4.69) is 19.5 Å². The standard InChI is InChI=1S/C28H47N5O4S.C5H5N.C2H6/c1-19(2)26(35)21-5-7-23(8-6-21)31-13-15-33(16-14-31)38-24-9-11-32(12-10-24)28(37)20(3)29-27(36)22-17-25(34)30(4)18-22;1-2-4-6-5-3-1;1-2/h19-24H,5-18H2,1-4H3,(H,29,36);1-5H;1-2H3. The summed E-state index contributed by atoms with van der Waals surface area (Å²) >= 11 is 1.97. The molecule has 1 aliphatic carbocycles. The van der Waals surface area contributed by atoms with E-state index in [0.717, 1.165) is 77.8 Å². The summed E-state index contributed by atoms with van der Waals surface area (Å²) in [6.07, 6.45) is 10.1. The summed E-state index contributed by atoms with van der Waals surface area (Å²) in [7, 11) is 1.70. The van der Waals surface area contributed by atoms with Gasteiger partial charge in [0.05, 0.1) is 5.92 Å². The number of nitrogens with one attached hydrogen (secondary N) is 1. The minimum Gasteiger partial charge on any atom is -0.345 e. The number of nitrogens with zero attached hydrogens (tertiary/aromatic N) is 5. The molecule has 46 heavy (non-hydrogen) atoms. The molecule has 0 spiro atoms. The summed E-state index contributed by atoms with van der Waals surface area (Å²) in [5, 5.41) is 3.36. The zero-order valence-corrected chi connectivity index (χ0v) is 29.8. The van der Waals surface area contributed by atoms with Gasteiger partial charge in [-0.2, -0.15) is 0 Å². The number of hydrogen-bond donors (Lipinski definition) is 1. The van der Waals surface area contributed by atoms with Gasteiger partial charge in [0.1, 0.15) is 11.8 Å². The van der Waals surface area contributed by atoms with Crippen molar-refractivity contribution in [3.8, 4) is 0 Å². The molecule has 4 fully saturated rings. The van der Waals surface area contributed by atoms with Crippen LogP contribution in [0.25, 0.3) is 0 Å². The lowest BCUT2D eigenvalue weighted by Crippen LogP contribution is -2.52. The van der Waals surface area contributed by atoms with Crippen LogP contribution in [0.1, 0.15) is 79.6 Å². The van der Waals surface area contributed by atoms with E-state index in [-0.39, 0.29) is 41.9 Å². The van der Waals surface area contributed by atoms with Gasteiger partial charge in [0, 0.05) is 94.8 Å². The van der Waals surface area contributed by atoms with Gasteiger partial charge in [-0.05, 0) is 57.6 Å². The first kappa shape index (κ1) is 38.0. The molecule has 1 saturated carbocycles. The Morgan fingerprint density at radius 2 is 1.46 bits per heavy atom. The third-order valence-electron chi connectivity index (χ3n) is 9.52. The number of aromatic nitrogens is 1. The predicted octanol–water partition coefficient (Wildman–Crippen LogP) is 4.12. The van der Waals surface area contributed by atoms with Gasteiger partial charge in [0.15, 0.2) is 0 Å². The molecule has 0 radical (unpaired) electrons. The van der Waals surface area contributed by atoms with Crippen LogP contribution in [0.5, 0.6) is 0 Å². The molecule has 11 heteroatoms. The number of Topliss-reactive ketones (excluding diaryl/α,β-unsaturated/α-hetero) is 1. The first-order valence-electron chi connectivity index (χ1n) is 17.5. The van der Waals surface area contributed by atoms with Gasteiger partial charge >= 0.3 is 0 Å². The third kappa shape index (κ3) is 11.3. The topological polar surface area (TPSA) is 106 Å². The fourth-order valence-corrected chi connectivity index (χ4v) is 8.00. The Morgan fingerprint density at radius 3 is 1.93 bits per heavy atom. The van der Waals surface area contributed by atoms with Crippen molar-refractivity contribution in [2.24, 2.45) is 17.8 Å². The molecular weight excluding hydrogens is 600 g/mol. The van der Waals surface area contributed by atoms with Crippen molar-refractivity contribution in [1.82, 2.24) is 29.3 Å². The number of hydrogen-bond acceptors (Lipinski definition) is 8. The Morgan fingerprint density at radius 1 is 0.848 bits per heavy atom. The number of pyridine rings is 1. The van der Waals surface area contributed by atoms with E-state index in [1.165, 1.54) is 0 Å². The van der Waals surface area contributed by atoms with Gasteiger partial charge in [-0.25, -0.2) is 4.31 Å². The molecule has 2 unspecified atom stereocenters. The molecule has 5 rings (SSSR count). The maximum Gasteiger partial charge on any atom is 0.244 e. The van der Waals surface area contributed by atoms with Gasteiger partial charge in [-0.3, -0.25) is 29.1 Å². The van der Waals surface area contributed by atoms with Crippen LogP contribution in [0.15, 0.2) is 30.6 Å². The number of rotatable bonds is 8. The van der Waals surface area contributed by atoms with Crippen molar-refractivity contribution in [3.05, 3.63) is 30.6 Å². The highest BCUT2D eigenvalue weighted by atomic mass is 32.2. The van der Waals surface area contributed by atoms with E-state index in [4.69, 9.17) is 0 Å². The van der Waals surface area contributed by atoms with Gasteiger partial charge < -0.3 is 15.1 Å². The molecule has 3 saturated heterocycles. The number of amides is 3. The lowest BCUT2D eigenvalue weighted by molar-refractivity contribution is -0.137.